The van der Waals surface area contributed by atoms with E-state index in [1.165, 1.54) is 11.6 Å². The van der Waals surface area contributed by atoms with Crippen LogP contribution in [-0.2, 0) is 18.4 Å². The molecule has 0 atom stereocenters. The number of amides is 1. The summed E-state index contributed by atoms with van der Waals surface area (Å²) in [4.78, 5) is 41.6. The molecule has 3 heterocycles. The topological polar surface area (TPSA) is 109 Å². The Hall–Kier alpha value is -3.33. The SMILES string of the molecule is Cc1ccc(-n2c(C)c(C)n3c4c(=O)n(CC(N)=O)c(=O)n(C)c4nc23)cc1Cl. The maximum atomic E-state index is 13.1. The molecule has 0 aliphatic carbocycles. The number of hydrogen-bond acceptors (Lipinski definition) is 4. The minimum atomic E-state index is -0.774. The Bertz CT molecular complexity index is 1450. The molecule has 0 saturated carbocycles. The van der Waals surface area contributed by atoms with Crippen molar-refractivity contribution in [2.75, 3.05) is 0 Å². The lowest BCUT2D eigenvalue weighted by Gasteiger charge is -2.08. The van der Waals surface area contributed by atoms with E-state index in [9.17, 15) is 14.4 Å². The highest BCUT2D eigenvalue weighted by Gasteiger charge is 2.23. The number of nitrogens with zero attached hydrogens (tertiary/aromatic N) is 5. The Morgan fingerprint density at radius 2 is 1.86 bits per heavy atom. The number of rotatable bonds is 3. The number of halogens is 1. The number of hydrogen-bond donors (Lipinski definition) is 1. The fourth-order valence-corrected chi connectivity index (χ4v) is 3.75. The Labute approximate surface area is 169 Å². The van der Waals surface area contributed by atoms with E-state index in [1.807, 2.05) is 43.5 Å². The van der Waals surface area contributed by atoms with Gasteiger partial charge in [-0.2, -0.15) is 4.98 Å². The van der Waals surface area contributed by atoms with E-state index in [1.54, 1.807) is 4.40 Å². The van der Waals surface area contributed by atoms with Crippen molar-refractivity contribution in [1.29, 1.82) is 0 Å². The molecule has 29 heavy (non-hydrogen) atoms. The van der Waals surface area contributed by atoms with Crippen molar-refractivity contribution in [3.63, 3.8) is 0 Å². The fourth-order valence-electron chi connectivity index (χ4n) is 3.58. The summed E-state index contributed by atoms with van der Waals surface area (Å²) < 4.78 is 5.64. The molecule has 0 radical (unpaired) electrons. The first-order valence-corrected chi connectivity index (χ1v) is 9.26. The van der Waals surface area contributed by atoms with E-state index in [4.69, 9.17) is 17.3 Å². The second-order valence-electron chi connectivity index (χ2n) is 7.06. The van der Waals surface area contributed by atoms with Crippen LogP contribution in [0.1, 0.15) is 17.0 Å². The molecule has 0 aliphatic heterocycles. The van der Waals surface area contributed by atoms with E-state index in [0.29, 0.717) is 10.8 Å². The van der Waals surface area contributed by atoms with Gasteiger partial charge in [0.15, 0.2) is 11.2 Å². The average Bonchev–Trinajstić information content (AvgIpc) is 3.15. The lowest BCUT2D eigenvalue weighted by Crippen LogP contribution is -2.42. The van der Waals surface area contributed by atoms with Crippen LogP contribution in [-0.4, -0.2) is 29.0 Å². The molecule has 0 unspecified atom stereocenters. The molecule has 1 aromatic carbocycles. The van der Waals surface area contributed by atoms with Gasteiger partial charge in [-0.25, -0.2) is 9.36 Å². The summed E-state index contributed by atoms with van der Waals surface area (Å²) in [6.45, 7) is 5.18. The number of imidazole rings is 2. The molecule has 10 heteroatoms. The lowest BCUT2D eigenvalue weighted by atomic mass is 10.2. The van der Waals surface area contributed by atoms with Crippen LogP contribution in [0.15, 0.2) is 27.8 Å². The van der Waals surface area contributed by atoms with Gasteiger partial charge in [0.2, 0.25) is 11.7 Å². The predicted octanol–water partition coefficient (Wildman–Crippen LogP) is 1.20. The molecule has 2 N–H and O–H groups in total. The molecule has 0 spiro atoms. The van der Waals surface area contributed by atoms with Gasteiger partial charge in [0.25, 0.3) is 5.56 Å². The van der Waals surface area contributed by atoms with Crippen LogP contribution in [0.4, 0.5) is 0 Å². The molecule has 150 valence electrons. The smallest absolute Gasteiger partial charge is 0.332 e. The number of carbonyl (C=O) groups is 1. The highest BCUT2D eigenvalue weighted by molar-refractivity contribution is 6.31. The standard InChI is InChI=1S/C19H19ClN6O3/c1-9-5-6-12(7-13(9)20)25-10(2)11(3)26-15-16(22-18(25)26)23(4)19(29)24(17(15)28)8-14(21)27/h5-7H,8H2,1-4H3,(H2,21,27). The molecule has 0 saturated heterocycles. The summed E-state index contributed by atoms with van der Waals surface area (Å²) in [6.07, 6.45) is 0. The van der Waals surface area contributed by atoms with Crippen molar-refractivity contribution >= 4 is 34.4 Å². The van der Waals surface area contributed by atoms with Gasteiger partial charge in [-0.1, -0.05) is 17.7 Å². The maximum absolute atomic E-state index is 13.1. The minimum absolute atomic E-state index is 0.209. The Morgan fingerprint density at radius 1 is 1.17 bits per heavy atom. The number of aromatic nitrogens is 5. The number of primary amides is 1. The largest absolute Gasteiger partial charge is 0.368 e. The summed E-state index contributed by atoms with van der Waals surface area (Å²) in [7, 11) is 1.50. The minimum Gasteiger partial charge on any atom is -0.368 e. The number of benzene rings is 1. The fraction of sp³-hybridized carbons (Fsp3) is 0.263. The van der Waals surface area contributed by atoms with Crippen LogP contribution in [0.25, 0.3) is 22.6 Å². The van der Waals surface area contributed by atoms with Crippen molar-refractivity contribution in [1.82, 2.24) is 23.1 Å². The van der Waals surface area contributed by atoms with Gasteiger partial charge >= 0.3 is 5.69 Å². The van der Waals surface area contributed by atoms with Crippen LogP contribution in [0.3, 0.4) is 0 Å². The second-order valence-corrected chi connectivity index (χ2v) is 7.47. The van der Waals surface area contributed by atoms with Crippen molar-refractivity contribution in [2.24, 2.45) is 12.8 Å². The van der Waals surface area contributed by atoms with Crippen molar-refractivity contribution in [3.8, 4) is 5.69 Å². The highest BCUT2D eigenvalue weighted by atomic mass is 35.5. The molecule has 3 aromatic heterocycles. The molecule has 4 aromatic rings. The molecule has 4 rings (SSSR count). The zero-order valence-corrected chi connectivity index (χ0v) is 17.1. The normalized spacial score (nSPS) is 11.6. The molecular weight excluding hydrogens is 396 g/mol. The van der Waals surface area contributed by atoms with E-state index in [2.05, 4.69) is 4.98 Å². The predicted molar refractivity (Wildman–Crippen MR) is 110 cm³/mol. The number of fused-ring (bicyclic) bond motifs is 3. The average molecular weight is 415 g/mol. The Morgan fingerprint density at radius 3 is 2.48 bits per heavy atom. The van der Waals surface area contributed by atoms with Crippen molar-refractivity contribution in [2.45, 2.75) is 27.3 Å². The highest BCUT2D eigenvalue weighted by Crippen LogP contribution is 2.27. The lowest BCUT2D eigenvalue weighted by molar-refractivity contribution is -0.118. The van der Waals surface area contributed by atoms with Gasteiger partial charge in [0.1, 0.15) is 6.54 Å². The first-order chi connectivity index (χ1) is 13.6. The van der Waals surface area contributed by atoms with Crippen LogP contribution < -0.4 is 17.0 Å². The summed E-state index contributed by atoms with van der Waals surface area (Å²) in [6, 6.07) is 5.64. The second kappa shape index (κ2) is 6.35. The van der Waals surface area contributed by atoms with Gasteiger partial charge in [0.05, 0.1) is 5.69 Å². The molecule has 0 fully saturated rings. The number of carbonyl (C=O) groups excluding carboxylic acids is 1. The van der Waals surface area contributed by atoms with E-state index >= 15 is 0 Å². The van der Waals surface area contributed by atoms with Gasteiger partial charge in [-0.15, -0.1) is 0 Å². The summed E-state index contributed by atoms with van der Waals surface area (Å²) in [5.74, 6) is -0.303. The summed E-state index contributed by atoms with van der Waals surface area (Å²) in [5.41, 5.74) is 7.76. The van der Waals surface area contributed by atoms with Gasteiger partial charge in [0, 0.05) is 23.5 Å². The summed E-state index contributed by atoms with van der Waals surface area (Å²) >= 11 is 6.31. The molecular formula is C19H19ClN6O3. The van der Waals surface area contributed by atoms with Crippen molar-refractivity contribution in [3.05, 3.63) is 61.0 Å². The van der Waals surface area contributed by atoms with Gasteiger partial charge in [-0.05, 0) is 38.5 Å². The van der Waals surface area contributed by atoms with Gasteiger partial charge in [-0.3, -0.25) is 23.1 Å². The van der Waals surface area contributed by atoms with E-state index in [0.717, 1.165) is 27.2 Å². The molecule has 0 bridgehead atoms. The third-order valence-corrected chi connectivity index (χ3v) is 5.65. The van der Waals surface area contributed by atoms with Crippen LogP contribution in [0.2, 0.25) is 5.02 Å². The quantitative estimate of drug-likeness (QED) is 0.543. The summed E-state index contributed by atoms with van der Waals surface area (Å²) in [5, 5.41) is 0.610. The number of nitrogens with two attached hydrogens (primary N) is 1. The van der Waals surface area contributed by atoms with Crippen LogP contribution in [0.5, 0.6) is 0 Å². The third-order valence-electron chi connectivity index (χ3n) is 5.25. The van der Waals surface area contributed by atoms with E-state index in [-0.39, 0.29) is 11.2 Å². The molecule has 1 amide bonds. The van der Waals surface area contributed by atoms with E-state index < -0.39 is 23.7 Å². The Kier molecular flexibility index (Phi) is 4.16. The third kappa shape index (κ3) is 2.61. The maximum Gasteiger partial charge on any atom is 0.332 e. The zero-order valence-electron chi connectivity index (χ0n) is 16.4. The first-order valence-electron chi connectivity index (χ1n) is 8.88. The Balaban J connectivity index is 2.18. The zero-order chi connectivity index (χ0) is 21.2. The van der Waals surface area contributed by atoms with Gasteiger partial charge < -0.3 is 5.73 Å². The first kappa shape index (κ1) is 19.0. The van der Waals surface area contributed by atoms with Crippen LogP contribution in [0, 0.1) is 20.8 Å². The van der Waals surface area contributed by atoms with Crippen LogP contribution >= 0.6 is 11.6 Å². The van der Waals surface area contributed by atoms with Crippen molar-refractivity contribution < 1.29 is 4.79 Å². The number of aryl methyl sites for hydroxylation is 3. The molecule has 0 aliphatic rings. The monoisotopic (exact) mass is 414 g/mol. The molecule has 9 nitrogen and oxygen atoms in total.